The summed E-state index contributed by atoms with van der Waals surface area (Å²) in [6.07, 6.45) is 0. The molecule has 6 nitrogen and oxygen atoms in total. The molecule has 0 fully saturated rings. The molecule has 0 atom stereocenters. The smallest absolute Gasteiger partial charge is 0.258 e. The van der Waals surface area contributed by atoms with E-state index < -0.39 is 0 Å². The number of carbonyl (C=O) groups excluding carboxylic acids is 1. The van der Waals surface area contributed by atoms with E-state index in [-0.39, 0.29) is 11.3 Å². The lowest BCUT2D eigenvalue weighted by Gasteiger charge is -2.19. The second-order valence-electron chi connectivity index (χ2n) is 8.19. The third-order valence-corrected chi connectivity index (χ3v) is 5.48. The number of hydrogen-bond donors (Lipinski definition) is 0. The maximum atomic E-state index is 13.4. The molecule has 2 aromatic carbocycles. The highest BCUT2D eigenvalue weighted by atomic mass is 16.5. The minimum Gasteiger partial charge on any atom is -0.492 e. The maximum absolute atomic E-state index is 13.4. The van der Waals surface area contributed by atoms with Crippen LogP contribution in [0, 0.1) is 0 Å². The lowest BCUT2D eigenvalue weighted by atomic mass is 10.0. The topological polar surface area (TPSA) is 54.8 Å². The van der Waals surface area contributed by atoms with Gasteiger partial charge in [0.05, 0.1) is 16.8 Å². The predicted octanol–water partition coefficient (Wildman–Crippen LogP) is 2.71. The molecule has 0 saturated heterocycles. The van der Waals surface area contributed by atoms with E-state index in [4.69, 9.17) is 4.74 Å². The van der Waals surface area contributed by atoms with Gasteiger partial charge in [0.15, 0.2) is 5.78 Å². The van der Waals surface area contributed by atoms with Gasteiger partial charge in [0, 0.05) is 36.0 Å². The normalized spacial score (nSPS) is 12.7. The number of ether oxygens (including phenoxy) is 1. The molecule has 0 aliphatic heterocycles. The van der Waals surface area contributed by atoms with E-state index in [1.54, 1.807) is 10.6 Å². The van der Waals surface area contributed by atoms with Crippen molar-refractivity contribution in [2.75, 3.05) is 47.9 Å². The van der Waals surface area contributed by atoms with E-state index in [2.05, 4.69) is 0 Å². The molecule has 0 N–H and O–H groups in total. The van der Waals surface area contributed by atoms with E-state index in [1.165, 1.54) is 0 Å². The summed E-state index contributed by atoms with van der Waals surface area (Å²) >= 11 is 0. The van der Waals surface area contributed by atoms with Crippen LogP contribution >= 0.6 is 0 Å². The van der Waals surface area contributed by atoms with Crippen molar-refractivity contribution < 1.29 is 9.53 Å². The molecule has 1 heterocycles. The van der Waals surface area contributed by atoms with E-state index in [0.717, 1.165) is 12.1 Å². The van der Waals surface area contributed by atoms with Gasteiger partial charge in [-0.15, -0.1) is 0 Å². The van der Waals surface area contributed by atoms with Gasteiger partial charge in [0.1, 0.15) is 12.4 Å². The Bertz CT molecular complexity index is 1180. The molecule has 0 amide bonds. The van der Waals surface area contributed by atoms with Crippen LogP contribution in [0.25, 0.3) is 22.0 Å². The number of aromatic nitrogens is 1. The number of ketones is 1. The van der Waals surface area contributed by atoms with Crippen LogP contribution in [0.15, 0.2) is 47.3 Å². The van der Waals surface area contributed by atoms with Gasteiger partial charge in [-0.2, -0.15) is 0 Å². The van der Waals surface area contributed by atoms with Gasteiger partial charge in [-0.3, -0.25) is 9.59 Å². The summed E-state index contributed by atoms with van der Waals surface area (Å²) in [6, 6.07) is 12.9. The highest BCUT2D eigenvalue weighted by Crippen LogP contribution is 2.44. The van der Waals surface area contributed by atoms with Gasteiger partial charge in [-0.05, 0) is 40.3 Å². The van der Waals surface area contributed by atoms with Crippen LogP contribution in [-0.4, -0.2) is 68.0 Å². The zero-order chi connectivity index (χ0) is 21.4. The fraction of sp³-hybridized carbons (Fsp3) is 0.333. The monoisotopic (exact) mass is 405 g/mol. The SMILES string of the molecule is CN(C)CCOc1cccc2c1-c1c(c3ccccc3c(=O)n1CCN(C)C)C2=O. The van der Waals surface area contributed by atoms with Gasteiger partial charge in [-0.25, -0.2) is 0 Å². The predicted molar refractivity (Wildman–Crippen MR) is 120 cm³/mol. The number of benzene rings is 2. The summed E-state index contributed by atoms with van der Waals surface area (Å²) in [5, 5.41) is 1.28. The van der Waals surface area contributed by atoms with E-state index in [0.29, 0.717) is 53.0 Å². The molecular weight excluding hydrogens is 378 g/mol. The van der Waals surface area contributed by atoms with Crippen LogP contribution in [0.3, 0.4) is 0 Å². The Morgan fingerprint density at radius 2 is 1.53 bits per heavy atom. The third kappa shape index (κ3) is 3.42. The minimum absolute atomic E-state index is 0.0483. The van der Waals surface area contributed by atoms with Crippen LogP contribution < -0.4 is 10.3 Å². The van der Waals surface area contributed by atoms with Crippen LogP contribution in [0.4, 0.5) is 0 Å². The summed E-state index contributed by atoms with van der Waals surface area (Å²) in [6.45, 7) is 2.45. The van der Waals surface area contributed by atoms with Crippen LogP contribution in [-0.2, 0) is 6.54 Å². The van der Waals surface area contributed by atoms with Crippen molar-refractivity contribution in [3.05, 3.63) is 63.9 Å². The lowest BCUT2D eigenvalue weighted by molar-refractivity contribution is 0.104. The zero-order valence-electron chi connectivity index (χ0n) is 17.9. The molecule has 0 saturated carbocycles. The van der Waals surface area contributed by atoms with E-state index >= 15 is 0 Å². The fourth-order valence-electron chi connectivity index (χ4n) is 3.96. The molecule has 30 heavy (non-hydrogen) atoms. The quantitative estimate of drug-likeness (QED) is 0.473. The van der Waals surface area contributed by atoms with Crippen molar-refractivity contribution >= 4 is 16.6 Å². The fourth-order valence-corrected chi connectivity index (χ4v) is 3.96. The Labute approximate surface area is 176 Å². The summed E-state index contributed by atoms with van der Waals surface area (Å²) in [5.74, 6) is 0.600. The van der Waals surface area contributed by atoms with Gasteiger partial charge < -0.3 is 19.1 Å². The Hall–Kier alpha value is -2.96. The lowest BCUT2D eigenvalue weighted by Crippen LogP contribution is -2.28. The molecule has 156 valence electrons. The summed E-state index contributed by atoms with van der Waals surface area (Å²) < 4.78 is 7.83. The first kappa shape index (κ1) is 20.3. The van der Waals surface area contributed by atoms with Crippen LogP contribution in [0.5, 0.6) is 5.75 Å². The molecule has 0 spiro atoms. The minimum atomic E-state index is -0.0741. The average molecular weight is 405 g/mol. The number of hydrogen-bond acceptors (Lipinski definition) is 5. The molecule has 6 heteroatoms. The summed E-state index contributed by atoms with van der Waals surface area (Å²) in [4.78, 5) is 30.9. The van der Waals surface area contributed by atoms with Crippen molar-refractivity contribution in [3.8, 4) is 17.0 Å². The Balaban J connectivity index is 1.96. The molecule has 0 bridgehead atoms. The van der Waals surface area contributed by atoms with Gasteiger partial charge in [0.2, 0.25) is 0 Å². The Morgan fingerprint density at radius 3 is 2.23 bits per heavy atom. The molecular formula is C24H27N3O3. The second-order valence-corrected chi connectivity index (χ2v) is 8.19. The largest absolute Gasteiger partial charge is 0.492 e. The molecule has 1 aliphatic rings. The number of carbonyl (C=O) groups is 1. The number of fused-ring (bicyclic) bond motifs is 5. The first-order chi connectivity index (χ1) is 14.4. The van der Waals surface area contributed by atoms with Crippen molar-refractivity contribution in [1.82, 2.24) is 14.4 Å². The molecule has 0 radical (unpaired) electrons. The zero-order valence-corrected chi connectivity index (χ0v) is 17.9. The van der Waals surface area contributed by atoms with Gasteiger partial charge >= 0.3 is 0 Å². The maximum Gasteiger partial charge on any atom is 0.258 e. The number of nitrogens with zero attached hydrogens (tertiary/aromatic N) is 3. The number of rotatable bonds is 7. The van der Waals surface area contributed by atoms with E-state index in [9.17, 15) is 9.59 Å². The molecule has 3 aromatic rings. The van der Waals surface area contributed by atoms with Crippen molar-refractivity contribution in [2.45, 2.75) is 6.54 Å². The molecule has 1 aromatic heterocycles. The average Bonchev–Trinajstić information content (AvgIpc) is 3.01. The Kier molecular flexibility index (Phi) is 5.45. The summed E-state index contributed by atoms with van der Waals surface area (Å²) in [7, 11) is 7.92. The Morgan fingerprint density at radius 1 is 0.833 bits per heavy atom. The van der Waals surface area contributed by atoms with Gasteiger partial charge in [-0.1, -0.05) is 30.3 Å². The molecule has 4 rings (SSSR count). The van der Waals surface area contributed by atoms with Gasteiger partial charge in [0.25, 0.3) is 5.56 Å². The standard InChI is InChI=1S/C24H27N3O3/c1-25(2)12-13-27-22-20-18(10-7-11-19(20)30-15-14-26(3)4)23(28)21(22)16-8-5-6-9-17(16)24(27)29/h5-11H,12-15H2,1-4H3. The number of pyridine rings is 1. The highest BCUT2D eigenvalue weighted by molar-refractivity contribution is 6.27. The first-order valence-corrected chi connectivity index (χ1v) is 10.2. The highest BCUT2D eigenvalue weighted by Gasteiger charge is 2.34. The summed E-state index contributed by atoms with van der Waals surface area (Å²) in [5.41, 5.74) is 2.54. The number of likely N-dealkylation sites (N-methyl/N-ethyl adjacent to an activating group) is 2. The van der Waals surface area contributed by atoms with Crippen molar-refractivity contribution in [3.63, 3.8) is 0 Å². The van der Waals surface area contributed by atoms with Crippen LogP contribution in [0.1, 0.15) is 15.9 Å². The van der Waals surface area contributed by atoms with Crippen molar-refractivity contribution in [2.24, 2.45) is 0 Å². The third-order valence-electron chi connectivity index (χ3n) is 5.48. The second kappa shape index (κ2) is 8.05. The van der Waals surface area contributed by atoms with Crippen molar-refractivity contribution in [1.29, 1.82) is 0 Å². The first-order valence-electron chi connectivity index (χ1n) is 10.2. The molecule has 1 aliphatic carbocycles. The van der Waals surface area contributed by atoms with Crippen LogP contribution in [0.2, 0.25) is 0 Å². The molecule has 0 unspecified atom stereocenters. The van der Waals surface area contributed by atoms with E-state index in [1.807, 2.05) is 74.4 Å².